The number of aromatic amines is 1. The fourth-order valence-electron chi connectivity index (χ4n) is 3.89. The maximum atomic E-state index is 12.4. The smallest absolute Gasteiger partial charge is 0.292 e. The van der Waals surface area contributed by atoms with Gasteiger partial charge >= 0.3 is 5.69 Å². The van der Waals surface area contributed by atoms with Crippen LogP contribution in [0.15, 0.2) is 20.8 Å². The first kappa shape index (κ1) is 17.0. The van der Waals surface area contributed by atoms with Gasteiger partial charge in [0.1, 0.15) is 5.82 Å². The monoisotopic (exact) mass is 332 g/mol. The molecule has 132 valence electrons. The van der Waals surface area contributed by atoms with Gasteiger partial charge in [-0.3, -0.25) is 19.4 Å². The normalized spacial score (nSPS) is 20.5. The van der Waals surface area contributed by atoms with Gasteiger partial charge in [-0.15, -0.1) is 0 Å². The van der Waals surface area contributed by atoms with Crippen molar-refractivity contribution in [2.24, 2.45) is 11.0 Å². The van der Waals surface area contributed by atoms with Gasteiger partial charge in [-0.25, -0.2) is 4.79 Å². The minimum atomic E-state index is -0.316. The van der Waals surface area contributed by atoms with E-state index in [1.165, 1.54) is 49.2 Å². The summed E-state index contributed by atoms with van der Waals surface area (Å²) in [6, 6.07) is 1.54. The molecule has 0 aliphatic heterocycles. The number of nitrogens with one attached hydrogen (secondary N) is 1. The summed E-state index contributed by atoms with van der Waals surface area (Å²) in [5.74, 6) is 0.972. The molecule has 0 saturated heterocycles. The Morgan fingerprint density at radius 3 is 2.33 bits per heavy atom. The van der Waals surface area contributed by atoms with Gasteiger partial charge in [0, 0.05) is 25.4 Å². The maximum absolute atomic E-state index is 12.4. The van der Waals surface area contributed by atoms with Crippen molar-refractivity contribution < 1.29 is 0 Å². The van der Waals surface area contributed by atoms with Gasteiger partial charge in [0.15, 0.2) is 0 Å². The molecule has 6 heteroatoms. The van der Waals surface area contributed by atoms with Crippen molar-refractivity contribution in [3.8, 4) is 0 Å². The van der Waals surface area contributed by atoms with Crippen molar-refractivity contribution in [1.82, 2.24) is 9.55 Å². The lowest BCUT2D eigenvalue weighted by Gasteiger charge is -2.23. The van der Waals surface area contributed by atoms with Crippen LogP contribution < -0.4 is 16.3 Å². The van der Waals surface area contributed by atoms with E-state index < -0.39 is 0 Å². The van der Waals surface area contributed by atoms with Gasteiger partial charge in [0.2, 0.25) is 0 Å². The van der Waals surface area contributed by atoms with Gasteiger partial charge in [-0.1, -0.05) is 38.5 Å². The fraction of sp³-hybridized carbons (Fsp3) is 0.722. The number of hydrazone groups is 1. The van der Waals surface area contributed by atoms with E-state index >= 15 is 0 Å². The lowest BCUT2D eigenvalue weighted by atomic mass is 9.90. The molecule has 2 fully saturated rings. The molecule has 2 aliphatic rings. The molecule has 0 aromatic carbocycles. The standard InChI is InChI=1S/C18H28N4O2/c1-21(19-13-14-8-4-2-5-9-14)16-12-17(23)22(18(24)20-16)15-10-6-3-7-11-15/h12-15H,2-11H2,1H3,(H,20,24)/b19-13+. The van der Waals surface area contributed by atoms with Crippen LogP contribution in [0.25, 0.3) is 0 Å². The second-order valence-electron chi connectivity index (χ2n) is 7.15. The third-order valence-corrected chi connectivity index (χ3v) is 5.34. The number of anilines is 1. The molecule has 2 aliphatic carbocycles. The minimum absolute atomic E-state index is 0.0418. The summed E-state index contributed by atoms with van der Waals surface area (Å²) < 4.78 is 1.39. The van der Waals surface area contributed by atoms with Crippen molar-refractivity contribution in [2.45, 2.75) is 70.3 Å². The van der Waals surface area contributed by atoms with Crippen LogP contribution >= 0.6 is 0 Å². The zero-order valence-corrected chi connectivity index (χ0v) is 14.5. The van der Waals surface area contributed by atoms with Gasteiger partial charge in [-0.2, -0.15) is 5.10 Å². The Balaban J connectivity index is 1.75. The summed E-state index contributed by atoms with van der Waals surface area (Å²) in [6.45, 7) is 0. The molecule has 0 atom stereocenters. The predicted molar refractivity (Wildman–Crippen MR) is 96.9 cm³/mol. The number of hydrogen-bond donors (Lipinski definition) is 1. The highest BCUT2D eigenvalue weighted by Crippen LogP contribution is 2.26. The van der Waals surface area contributed by atoms with Crippen LogP contribution in [-0.4, -0.2) is 22.8 Å². The first-order chi connectivity index (χ1) is 11.6. The number of nitrogens with zero attached hydrogens (tertiary/aromatic N) is 3. The first-order valence-electron chi connectivity index (χ1n) is 9.29. The molecule has 2 saturated carbocycles. The van der Waals surface area contributed by atoms with Crippen LogP contribution in [-0.2, 0) is 0 Å². The molecular formula is C18H28N4O2. The van der Waals surface area contributed by atoms with Crippen LogP contribution in [0.5, 0.6) is 0 Å². The fourth-order valence-corrected chi connectivity index (χ4v) is 3.89. The summed E-state index contributed by atoms with van der Waals surface area (Å²) >= 11 is 0. The Bertz CT molecular complexity index is 648. The highest BCUT2D eigenvalue weighted by atomic mass is 16.2. The molecule has 3 rings (SSSR count). The van der Waals surface area contributed by atoms with Crippen LogP contribution in [0.2, 0.25) is 0 Å². The molecule has 1 aromatic rings. The second-order valence-corrected chi connectivity index (χ2v) is 7.15. The van der Waals surface area contributed by atoms with Gasteiger partial charge in [-0.05, 0) is 31.6 Å². The average Bonchev–Trinajstić information content (AvgIpc) is 2.61. The van der Waals surface area contributed by atoms with Crippen LogP contribution in [0.3, 0.4) is 0 Å². The Morgan fingerprint density at radius 1 is 1.08 bits per heavy atom. The summed E-state index contributed by atoms with van der Waals surface area (Å²) in [4.78, 5) is 27.7. The number of H-pyrrole nitrogens is 1. The van der Waals surface area contributed by atoms with E-state index in [2.05, 4.69) is 10.1 Å². The predicted octanol–water partition coefficient (Wildman–Crippen LogP) is 3.04. The molecule has 6 nitrogen and oxygen atoms in total. The van der Waals surface area contributed by atoms with Crippen molar-refractivity contribution in [2.75, 3.05) is 12.1 Å². The van der Waals surface area contributed by atoms with Crippen LogP contribution in [0, 0.1) is 5.92 Å². The average molecular weight is 332 g/mol. The van der Waals surface area contributed by atoms with E-state index in [-0.39, 0.29) is 17.3 Å². The summed E-state index contributed by atoms with van der Waals surface area (Å²) in [5.41, 5.74) is -0.538. The Kier molecular flexibility index (Phi) is 5.53. The SMILES string of the molecule is CN(/N=C/C1CCCCC1)c1cc(=O)n(C2CCCCC2)c(=O)[nH]1. The topological polar surface area (TPSA) is 70.5 Å². The Hall–Kier alpha value is -1.85. The highest BCUT2D eigenvalue weighted by molar-refractivity contribution is 5.62. The molecule has 1 N–H and O–H groups in total. The molecule has 24 heavy (non-hydrogen) atoms. The number of aromatic nitrogens is 2. The van der Waals surface area contributed by atoms with E-state index in [1.54, 1.807) is 12.1 Å². The summed E-state index contributed by atoms with van der Waals surface area (Å²) in [6.07, 6.45) is 13.3. The van der Waals surface area contributed by atoms with Crippen molar-refractivity contribution in [3.63, 3.8) is 0 Å². The summed E-state index contributed by atoms with van der Waals surface area (Å²) in [7, 11) is 1.77. The minimum Gasteiger partial charge on any atom is -0.292 e. The molecule has 0 radical (unpaired) electrons. The Morgan fingerprint density at radius 2 is 1.71 bits per heavy atom. The van der Waals surface area contributed by atoms with Crippen LogP contribution in [0.1, 0.15) is 70.3 Å². The molecule has 1 aromatic heterocycles. The van der Waals surface area contributed by atoms with E-state index in [9.17, 15) is 9.59 Å². The largest absolute Gasteiger partial charge is 0.330 e. The van der Waals surface area contributed by atoms with Crippen molar-refractivity contribution in [1.29, 1.82) is 0 Å². The lowest BCUT2D eigenvalue weighted by Crippen LogP contribution is -2.39. The molecule has 1 heterocycles. The second kappa shape index (κ2) is 7.81. The Labute approximate surface area is 142 Å². The quantitative estimate of drug-likeness (QED) is 0.680. The van der Waals surface area contributed by atoms with Crippen molar-refractivity contribution in [3.05, 3.63) is 26.9 Å². The highest BCUT2D eigenvalue weighted by Gasteiger charge is 2.19. The number of rotatable bonds is 4. The van der Waals surface area contributed by atoms with E-state index in [4.69, 9.17) is 0 Å². The molecule has 0 bridgehead atoms. The first-order valence-corrected chi connectivity index (χ1v) is 9.29. The zero-order valence-electron chi connectivity index (χ0n) is 14.5. The third-order valence-electron chi connectivity index (χ3n) is 5.34. The third kappa shape index (κ3) is 3.97. The van der Waals surface area contributed by atoms with Crippen LogP contribution in [0.4, 0.5) is 5.82 Å². The maximum Gasteiger partial charge on any atom is 0.330 e. The summed E-state index contributed by atoms with van der Waals surface area (Å²) in [5, 5.41) is 6.03. The van der Waals surface area contributed by atoms with E-state index in [0.717, 1.165) is 25.7 Å². The molecule has 0 unspecified atom stereocenters. The van der Waals surface area contributed by atoms with Gasteiger partial charge < -0.3 is 0 Å². The zero-order chi connectivity index (χ0) is 16.9. The lowest BCUT2D eigenvalue weighted by molar-refractivity contribution is 0.336. The molecule has 0 spiro atoms. The van der Waals surface area contributed by atoms with E-state index in [0.29, 0.717) is 11.7 Å². The molecular weight excluding hydrogens is 304 g/mol. The van der Waals surface area contributed by atoms with Crippen molar-refractivity contribution >= 4 is 12.0 Å². The van der Waals surface area contributed by atoms with Gasteiger partial charge in [0.05, 0.1) is 0 Å². The van der Waals surface area contributed by atoms with E-state index in [1.807, 2.05) is 6.21 Å². The van der Waals surface area contributed by atoms with Gasteiger partial charge in [0.25, 0.3) is 5.56 Å². The number of hydrogen-bond acceptors (Lipinski definition) is 4. The molecule has 0 amide bonds.